The van der Waals surface area contributed by atoms with Crippen LogP contribution in [-0.4, -0.2) is 27.7 Å². The molecule has 0 aromatic carbocycles. The number of hydrogen-bond donors (Lipinski definition) is 0. The zero-order chi connectivity index (χ0) is 11.7. The van der Waals surface area contributed by atoms with Crippen LogP contribution in [0.15, 0.2) is 10.9 Å². The molecule has 0 spiro atoms. The van der Waals surface area contributed by atoms with E-state index in [1.807, 2.05) is 0 Å². The second kappa shape index (κ2) is 4.01. The maximum absolute atomic E-state index is 11.5. The molecule has 7 heteroatoms. The third kappa shape index (κ3) is 1.94. The molecule has 0 saturated heterocycles. The van der Waals surface area contributed by atoms with Gasteiger partial charge in [-0.05, 0) is 6.92 Å². The van der Waals surface area contributed by atoms with Gasteiger partial charge in [0.15, 0.2) is 0 Å². The predicted octanol–water partition coefficient (Wildman–Crippen LogP) is 0.175. The molecule has 2 rings (SSSR count). The Morgan fingerprint density at radius 1 is 1.62 bits per heavy atom. The van der Waals surface area contributed by atoms with Gasteiger partial charge in [0.25, 0.3) is 5.56 Å². The molecule has 0 radical (unpaired) electrons. The van der Waals surface area contributed by atoms with Crippen LogP contribution in [0.3, 0.4) is 0 Å². The SMILES string of the molecule is COC(=O)Cc1nn2c(=O)cc(C)nc2s1. The van der Waals surface area contributed by atoms with E-state index in [1.54, 1.807) is 6.92 Å². The van der Waals surface area contributed by atoms with Crippen molar-refractivity contribution in [3.05, 3.63) is 27.1 Å². The van der Waals surface area contributed by atoms with Gasteiger partial charge >= 0.3 is 5.97 Å². The van der Waals surface area contributed by atoms with Crippen molar-refractivity contribution in [3.63, 3.8) is 0 Å². The quantitative estimate of drug-likeness (QED) is 0.699. The smallest absolute Gasteiger partial charge is 0.312 e. The van der Waals surface area contributed by atoms with Gasteiger partial charge in [0, 0.05) is 11.8 Å². The van der Waals surface area contributed by atoms with Crippen molar-refractivity contribution in [3.8, 4) is 0 Å². The van der Waals surface area contributed by atoms with Crippen LogP contribution in [0.1, 0.15) is 10.7 Å². The van der Waals surface area contributed by atoms with Crippen molar-refractivity contribution in [2.75, 3.05) is 7.11 Å². The molecule has 2 aromatic heterocycles. The van der Waals surface area contributed by atoms with Crippen molar-refractivity contribution >= 4 is 22.3 Å². The third-order valence-electron chi connectivity index (χ3n) is 1.94. The topological polar surface area (TPSA) is 73.6 Å². The van der Waals surface area contributed by atoms with Crippen molar-refractivity contribution < 1.29 is 9.53 Å². The Labute approximate surface area is 94.5 Å². The minimum Gasteiger partial charge on any atom is -0.469 e. The summed E-state index contributed by atoms with van der Waals surface area (Å²) in [6, 6.07) is 1.40. The van der Waals surface area contributed by atoms with Crippen molar-refractivity contribution in [2.45, 2.75) is 13.3 Å². The first-order chi connectivity index (χ1) is 7.60. The van der Waals surface area contributed by atoms with Crippen molar-refractivity contribution in [1.82, 2.24) is 14.6 Å². The van der Waals surface area contributed by atoms with Gasteiger partial charge in [-0.15, -0.1) is 0 Å². The molecule has 0 aliphatic carbocycles. The van der Waals surface area contributed by atoms with Crippen LogP contribution >= 0.6 is 11.3 Å². The zero-order valence-electron chi connectivity index (χ0n) is 8.76. The Kier molecular flexibility index (Phi) is 2.69. The minimum atomic E-state index is -0.385. The number of hydrogen-bond acceptors (Lipinski definition) is 6. The van der Waals surface area contributed by atoms with Crippen LogP contribution in [0.5, 0.6) is 0 Å². The lowest BCUT2D eigenvalue weighted by atomic mass is 10.4. The Morgan fingerprint density at radius 3 is 3.06 bits per heavy atom. The van der Waals surface area contributed by atoms with Crippen molar-refractivity contribution in [1.29, 1.82) is 0 Å². The predicted molar refractivity (Wildman–Crippen MR) is 57.6 cm³/mol. The number of carbonyl (C=O) groups excluding carboxylic acids is 1. The number of esters is 1. The van der Waals surface area contributed by atoms with E-state index in [9.17, 15) is 9.59 Å². The van der Waals surface area contributed by atoms with E-state index in [2.05, 4.69) is 14.8 Å². The fourth-order valence-electron chi connectivity index (χ4n) is 1.23. The molecule has 0 N–H and O–H groups in total. The molecular weight excluding hydrogens is 230 g/mol. The summed E-state index contributed by atoms with van der Waals surface area (Å²) < 4.78 is 5.71. The first-order valence-corrected chi connectivity index (χ1v) is 5.35. The van der Waals surface area contributed by atoms with Crippen LogP contribution in [0.4, 0.5) is 0 Å². The van der Waals surface area contributed by atoms with Gasteiger partial charge in [0.05, 0.1) is 13.5 Å². The first-order valence-electron chi connectivity index (χ1n) is 4.53. The maximum Gasteiger partial charge on any atom is 0.312 e. The molecule has 0 saturated carbocycles. The second-order valence-corrected chi connectivity index (χ2v) is 4.22. The number of aromatic nitrogens is 3. The van der Waals surface area contributed by atoms with Gasteiger partial charge < -0.3 is 4.74 Å². The number of fused-ring (bicyclic) bond motifs is 1. The van der Waals surface area contributed by atoms with Crippen LogP contribution in [0, 0.1) is 6.92 Å². The lowest BCUT2D eigenvalue weighted by molar-refractivity contribution is -0.139. The summed E-state index contributed by atoms with van der Waals surface area (Å²) in [5, 5.41) is 4.52. The summed E-state index contributed by atoms with van der Waals surface area (Å²) in [5.41, 5.74) is 0.396. The zero-order valence-corrected chi connectivity index (χ0v) is 9.58. The average Bonchev–Trinajstić information content (AvgIpc) is 2.60. The number of carbonyl (C=O) groups is 1. The van der Waals surface area contributed by atoms with Crippen LogP contribution < -0.4 is 5.56 Å². The highest BCUT2D eigenvalue weighted by molar-refractivity contribution is 7.16. The summed E-state index contributed by atoms with van der Waals surface area (Å²) in [6.07, 6.45) is 0.0585. The fourth-order valence-corrected chi connectivity index (χ4v) is 2.16. The standard InChI is InChI=1S/C9H9N3O3S/c1-5-3-7(13)12-9(10-5)16-6(11-12)4-8(14)15-2/h3H,4H2,1-2H3. The summed E-state index contributed by atoms with van der Waals surface area (Å²) in [6.45, 7) is 1.74. The molecule has 2 heterocycles. The van der Waals surface area contributed by atoms with Gasteiger partial charge in [0.2, 0.25) is 4.96 Å². The van der Waals surface area contributed by atoms with Gasteiger partial charge in [-0.2, -0.15) is 9.61 Å². The summed E-state index contributed by atoms with van der Waals surface area (Å²) in [7, 11) is 1.31. The first kappa shape index (κ1) is 10.7. The maximum atomic E-state index is 11.5. The Morgan fingerprint density at radius 2 is 2.38 bits per heavy atom. The summed E-state index contributed by atoms with van der Waals surface area (Å²) >= 11 is 1.21. The highest BCUT2D eigenvalue weighted by Gasteiger charge is 2.11. The average molecular weight is 239 g/mol. The van der Waals surface area contributed by atoms with E-state index in [4.69, 9.17) is 0 Å². The molecule has 0 unspecified atom stereocenters. The molecule has 0 fully saturated rings. The van der Waals surface area contributed by atoms with E-state index in [0.717, 1.165) is 0 Å². The Bertz CT molecular complexity index is 602. The minimum absolute atomic E-state index is 0.0585. The van der Waals surface area contributed by atoms with Crippen LogP contribution in [0.25, 0.3) is 4.96 Å². The number of rotatable bonds is 2. The van der Waals surface area contributed by atoms with Gasteiger partial charge in [-0.3, -0.25) is 9.59 Å². The van der Waals surface area contributed by atoms with Gasteiger partial charge in [-0.25, -0.2) is 4.98 Å². The molecule has 0 aliphatic rings. The van der Waals surface area contributed by atoms with E-state index in [0.29, 0.717) is 15.7 Å². The highest BCUT2D eigenvalue weighted by atomic mass is 32.1. The lowest BCUT2D eigenvalue weighted by Crippen LogP contribution is -2.14. The molecular formula is C9H9N3O3S. The van der Waals surface area contributed by atoms with E-state index < -0.39 is 0 Å². The number of nitrogens with zero attached hydrogens (tertiary/aromatic N) is 3. The summed E-state index contributed by atoms with van der Waals surface area (Å²) in [4.78, 5) is 27.2. The molecule has 0 aliphatic heterocycles. The molecule has 16 heavy (non-hydrogen) atoms. The van der Waals surface area contributed by atoms with E-state index in [-0.39, 0.29) is 17.9 Å². The molecule has 0 amide bonds. The normalized spacial score (nSPS) is 10.6. The largest absolute Gasteiger partial charge is 0.469 e. The van der Waals surface area contributed by atoms with Crippen molar-refractivity contribution in [2.24, 2.45) is 0 Å². The third-order valence-corrected chi connectivity index (χ3v) is 2.85. The molecule has 0 bridgehead atoms. The summed E-state index contributed by atoms with van der Waals surface area (Å²) in [5.74, 6) is -0.385. The van der Waals surface area contributed by atoms with Gasteiger partial charge in [0.1, 0.15) is 5.01 Å². The number of ether oxygens (including phenoxy) is 1. The monoisotopic (exact) mass is 239 g/mol. The number of methoxy groups -OCH3 is 1. The molecule has 2 aromatic rings. The van der Waals surface area contributed by atoms with Crippen LogP contribution in [-0.2, 0) is 16.0 Å². The van der Waals surface area contributed by atoms with E-state index in [1.165, 1.54) is 29.0 Å². The van der Waals surface area contributed by atoms with E-state index >= 15 is 0 Å². The van der Waals surface area contributed by atoms with Crippen LogP contribution in [0.2, 0.25) is 0 Å². The fraction of sp³-hybridized carbons (Fsp3) is 0.333. The molecule has 0 atom stereocenters. The molecule has 84 valence electrons. The Balaban J connectivity index is 2.48. The lowest BCUT2D eigenvalue weighted by Gasteiger charge is -1.92. The number of aryl methyl sites for hydroxylation is 1. The molecule has 6 nitrogen and oxygen atoms in total. The van der Waals surface area contributed by atoms with Gasteiger partial charge in [-0.1, -0.05) is 11.3 Å². The Hall–Kier alpha value is -1.76. The second-order valence-electron chi connectivity index (χ2n) is 3.18. The highest BCUT2D eigenvalue weighted by Crippen LogP contribution is 2.12.